The van der Waals surface area contributed by atoms with Gasteiger partial charge in [-0.15, -0.1) is 6.42 Å². The third kappa shape index (κ3) is 2.13. The summed E-state index contributed by atoms with van der Waals surface area (Å²) >= 11 is 0. The van der Waals surface area contributed by atoms with Crippen LogP contribution >= 0.6 is 0 Å². The Morgan fingerprint density at radius 3 is 2.76 bits per heavy atom. The Kier molecular flexibility index (Phi) is 2.74. The molecule has 0 amide bonds. The van der Waals surface area contributed by atoms with E-state index in [0.717, 1.165) is 43.6 Å². The number of rotatable bonds is 1. The van der Waals surface area contributed by atoms with Crippen molar-refractivity contribution in [1.29, 1.82) is 0 Å². The summed E-state index contributed by atoms with van der Waals surface area (Å²) in [5, 5.41) is 3.51. The lowest BCUT2D eigenvalue weighted by atomic mass is 9.85. The van der Waals surface area contributed by atoms with E-state index in [1.165, 1.54) is 12.1 Å². The molecular weight excluding hydrogens is 210 g/mol. The van der Waals surface area contributed by atoms with Crippen molar-refractivity contribution in [2.75, 3.05) is 31.1 Å². The van der Waals surface area contributed by atoms with Gasteiger partial charge in [-0.2, -0.15) is 0 Å². The summed E-state index contributed by atoms with van der Waals surface area (Å²) in [5.41, 5.74) is 2.05. The highest BCUT2D eigenvalue weighted by molar-refractivity contribution is 5.50. The zero-order valence-electron chi connectivity index (χ0n) is 9.89. The lowest BCUT2D eigenvalue weighted by Crippen LogP contribution is -2.51. The van der Waals surface area contributed by atoms with Crippen LogP contribution in [0.2, 0.25) is 0 Å². The van der Waals surface area contributed by atoms with Gasteiger partial charge in [0.1, 0.15) is 0 Å². The van der Waals surface area contributed by atoms with E-state index in [1.807, 2.05) is 6.20 Å². The fraction of sp³-hybridized carbons (Fsp3) is 0.500. The second kappa shape index (κ2) is 4.38. The SMILES string of the molecule is C#Cc1cncc(N2CC3CNCC(C3)C2)c1. The number of nitrogens with one attached hydrogen (secondary N) is 1. The number of nitrogens with zero attached hydrogens (tertiary/aromatic N) is 2. The Morgan fingerprint density at radius 2 is 2.06 bits per heavy atom. The summed E-state index contributed by atoms with van der Waals surface area (Å²) in [6.07, 6.45) is 10.5. The van der Waals surface area contributed by atoms with Crippen LogP contribution in [0.5, 0.6) is 0 Å². The summed E-state index contributed by atoms with van der Waals surface area (Å²) in [6, 6.07) is 2.07. The predicted molar refractivity (Wildman–Crippen MR) is 68.9 cm³/mol. The normalized spacial score (nSPS) is 27.6. The summed E-state index contributed by atoms with van der Waals surface area (Å²) in [4.78, 5) is 6.66. The van der Waals surface area contributed by atoms with E-state index in [1.54, 1.807) is 6.20 Å². The van der Waals surface area contributed by atoms with Gasteiger partial charge in [-0.25, -0.2) is 0 Å². The molecule has 0 aromatic carbocycles. The Balaban J connectivity index is 1.82. The highest BCUT2D eigenvalue weighted by Crippen LogP contribution is 2.28. The molecule has 2 unspecified atom stereocenters. The number of aromatic nitrogens is 1. The van der Waals surface area contributed by atoms with Crippen molar-refractivity contribution < 1.29 is 0 Å². The Morgan fingerprint density at radius 1 is 1.29 bits per heavy atom. The molecule has 1 N–H and O–H groups in total. The van der Waals surface area contributed by atoms with Gasteiger partial charge in [0.25, 0.3) is 0 Å². The van der Waals surface area contributed by atoms with Gasteiger partial charge in [0.05, 0.1) is 11.9 Å². The summed E-state index contributed by atoms with van der Waals surface area (Å²) < 4.78 is 0. The highest BCUT2D eigenvalue weighted by atomic mass is 15.2. The zero-order chi connectivity index (χ0) is 11.7. The Labute approximate surface area is 102 Å². The molecule has 0 spiro atoms. The summed E-state index contributed by atoms with van der Waals surface area (Å²) in [5.74, 6) is 4.21. The lowest BCUT2D eigenvalue weighted by molar-refractivity contribution is 0.249. The molecule has 3 nitrogen and oxygen atoms in total. The monoisotopic (exact) mass is 227 g/mol. The molecule has 1 aromatic rings. The van der Waals surface area contributed by atoms with E-state index in [2.05, 4.69) is 27.2 Å². The van der Waals surface area contributed by atoms with Gasteiger partial charge in [0.2, 0.25) is 0 Å². The smallest absolute Gasteiger partial charge is 0.0565 e. The highest BCUT2D eigenvalue weighted by Gasteiger charge is 2.30. The van der Waals surface area contributed by atoms with Crippen LogP contribution in [0.3, 0.4) is 0 Å². The molecule has 0 saturated carbocycles. The fourth-order valence-corrected chi connectivity index (χ4v) is 3.00. The van der Waals surface area contributed by atoms with Crippen LogP contribution in [0.25, 0.3) is 0 Å². The van der Waals surface area contributed by atoms with Crippen molar-refractivity contribution in [3.63, 3.8) is 0 Å². The van der Waals surface area contributed by atoms with Crippen LogP contribution in [0.15, 0.2) is 18.5 Å². The second-order valence-corrected chi connectivity index (χ2v) is 5.11. The largest absolute Gasteiger partial charge is 0.370 e. The van der Waals surface area contributed by atoms with E-state index < -0.39 is 0 Å². The molecule has 0 aliphatic carbocycles. The van der Waals surface area contributed by atoms with Crippen molar-refractivity contribution in [2.45, 2.75) is 6.42 Å². The topological polar surface area (TPSA) is 28.2 Å². The number of hydrogen-bond acceptors (Lipinski definition) is 3. The molecule has 17 heavy (non-hydrogen) atoms. The number of hydrogen-bond donors (Lipinski definition) is 1. The third-order valence-electron chi connectivity index (χ3n) is 3.75. The second-order valence-electron chi connectivity index (χ2n) is 5.11. The Bertz CT molecular complexity index is 437. The van der Waals surface area contributed by atoms with Crippen LogP contribution < -0.4 is 10.2 Å². The van der Waals surface area contributed by atoms with Gasteiger partial charge in [-0.1, -0.05) is 5.92 Å². The van der Waals surface area contributed by atoms with E-state index in [9.17, 15) is 0 Å². The number of anilines is 1. The standard InChI is InChI=1S/C14H17N3/c1-2-11-4-14(8-16-5-11)17-9-12-3-13(10-17)7-15-6-12/h1,4-5,8,12-13,15H,3,6-7,9-10H2. The van der Waals surface area contributed by atoms with Gasteiger partial charge in [0.15, 0.2) is 0 Å². The molecule has 3 heteroatoms. The number of terminal acetylenes is 1. The first-order valence-electron chi connectivity index (χ1n) is 6.22. The molecule has 2 saturated heterocycles. The fourth-order valence-electron chi connectivity index (χ4n) is 3.00. The van der Waals surface area contributed by atoms with Crippen molar-refractivity contribution in [3.8, 4) is 12.3 Å². The molecule has 2 bridgehead atoms. The Hall–Kier alpha value is -1.53. The third-order valence-corrected chi connectivity index (χ3v) is 3.75. The molecule has 2 fully saturated rings. The van der Waals surface area contributed by atoms with E-state index in [4.69, 9.17) is 6.42 Å². The van der Waals surface area contributed by atoms with E-state index in [0.29, 0.717) is 0 Å². The molecule has 88 valence electrons. The zero-order valence-corrected chi connectivity index (χ0v) is 9.89. The van der Waals surface area contributed by atoms with E-state index >= 15 is 0 Å². The summed E-state index contributed by atoms with van der Waals surface area (Å²) in [7, 11) is 0. The van der Waals surface area contributed by atoms with Crippen LogP contribution in [-0.4, -0.2) is 31.2 Å². The molecule has 2 aliphatic rings. The summed E-state index contributed by atoms with van der Waals surface area (Å²) in [6.45, 7) is 4.54. The molecule has 2 atom stereocenters. The maximum absolute atomic E-state index is 5.42. The first-order chi connectivity index (χ1) is 8.35. The van der Waals surface area contributed by atoms with Crippen molar-refractivity contribution in [1.82, 2.24) is 10.3 Å². The van der Waals surface area contributed by atoms with Gasteiger partial charge < -0.3 is 10.2 Å². The molecule has 2 aliphatic heterocycles. The maximum Gasteiger partial charge on any atom is 0.0565 e. The van der Waals surface area contributed by atoms with E-state index in [-0.39, 0.29) is 0 Å². The van der Waals surface area contributed by atoms with Crippen LogP contribution in [-0.2, 0) is 0 Å². The molecule has 1 aromatic heterocycles. The molecule has 3 rings (SSSR count). The van der Waals surface area contributed by atoms with Crippen molar-refractivity contribution >= 4 is 5.69 Å². The first kappa shape index (κ1) is 10.6. The number of pyridine rings is 1. The van der Waals surface area contributed by atoms with Gasteiger partial charge in [-0.05, 0) is 37.4 Å². The molecule has 0 radical (unpaired) electrons. The molecule has 3 heterocycles. The van der Waals surface area contributed by atoms with Crippen molar-refractivity contribution in [2.24, 2.45) is 11.8 Å². The predicted octanol–water partition coefficient (Wildman–Crippen LogP) is 1.11. The van der Waals surface area contributed by atoms with Gasteiger partial charge >= 0.3 is 0 Å². The quantitative estimate of drug-likeness (QED) is 0.728. The van der Waals surface area contributed by atoms with Crippen LogP contribution in [0.1, 0.15) is 12.0 Å². The van der Waals surface area contributed by atoms with Crippen LogP contribution in [0.4, 0.5) is 5.69 Å². The number of fused-ring (bicyclic) bond motifs is 2. The van der Waals surface area contributed by atoms with Gasteiger partial charge in [0, 0.05) is 24.8 Å². The lowest BCUT2D eigenvalue weighted by Gasteiger charge is -2.42. The first-order valence-corrected chi connectivity index (χ1v) is 6.22. The average Bonchev–Trinajstić information content (AvgIpc) is 2.38. The minimum Gasteiger partial charge on any atom is -0.370 e. The van der Waals surface area contributed by atoms with Crippen molar-refractivity contribution in [3.05, 3.63) is 24.0 Å². The minimum absolute atomic E-state index is 0.775. The van der Waals surface area contributed by atoms with Gasteiger partial charge in [-0.3, -0.25) is 4.98 Å². The van der Waals surface area contributed by atoms with Crippen LogP contribution in [0, 0.1) is 24.2 Å². The number of piperidine rings is 2. The minimum atomic E-state index is 0.775. The maximum atomic E-state index is 5.42. The molecular formula is C14H17N3. The average molecular weight is 227 g/mol.